The summed E-state index contributed by atoms with van der Waals surface area (Å²) in [6.45, 7) is 0.980. The average molecular weight is 433 g/mol. The van der Waals surface area contributed by atoms with E-state index in [1.54, 1.807) is 31.8 Å². The number of nitrogens with zero attached hydrogens (tertiary/aromatic N) is 1. The van der Waals surface area contributed by atoms with Crippen molar-refractivity contribution in [2.75, 3.05) is 27.4 Å². The smallest absolute Gasteiger partial charge is 0.251 e. The van der Waals surface area contributed by atoms with E-state index in [0.29, 0.717) is 18.7 Å². The molecule has 31 heavy (non-hydrogen) atoms. The Kier molecular flexibility index (Phi) is 6.60. The van der Waals surface area contributed by atoms with Gasteiger partial charge in [0, 0.05) is 41.4 Å². The molecule has 0 aliphatic carbocycles. The number of thiophene rings is 1. The lowest BCUT2D eigenvalue weighted by atomic mass is 10.0. The molecule has 1 N–H and O–H groups in total. The molecule has 4 aromatic rings. The maximum absolute atomic E-state index is 12.4. The molecule has 2 heterocycles. The molecule has 4 rings (SSSR count). The molecule has 0 aliphatic heterocycles. The lowest BCUT2D eigenvalue weighted by molar-refractivity contribution is 0.0937. The first-order chi connectivity index (χ1) is 15.2. The van der Waals surface area contributed by atoms with E-state index in [-0.39, 0.29) is 5.91 Å². The Morgan fingerprint density at radius 2 is 1.94 bits per heavy atom. The molecule has 2 aromatic heterocycles. The average Bonchev–Trinajstić information content (AvgIpc) is 3.21. The molecule has 0 radical (unpaired) electrons. The summed E-state index contributed by atoms with van der Waals surface area (Å²) in [6.07, 6.45) is 4.38. The van der Waals surface area contributed by atoms with Crippen molar-refractivity contribution in [2.24, 2.45) is 0 Å². The minimum Gasteiger partial charge on any atom is -0.495 e. The number of amides is 1. The number of carbonyl (C=O) groups is 1. The van der Waals surface area contributed by atoms with Crippen molar-refractivity contribution in [1.82, 2.24) is 10.3 Å². The van der Waals surface area contributed by atoms with E-state index in [2.05, 4.69) is 34.6 Å². The van der Waals surface area contributed by atoms with Gasteiger partial charge in [0.05, 0.1) is 19.9 Å². The maximum atomic E-state index is 12.4. The second kappa shape index (κ2) is 9.73. The van der Waals surface area contributed by atoms with Gasteiger partial charge in [-0.05, 0) is 46.3 Å². The number of aromatic nitrogens is 1. The van der Waals surface area contributed by atoms with Crippen molar-refractivity contribution in [2.45, 2.75) is 6.42 Å². The second-order valence-electron chi connectivity index (χ2n) is 7.18. The summed E-state index contributed by atoms with van der Waals surface area (Å²) in [5.41, 5.74) is 3.91. The van der Waals surface area contributed by atoms with E-state index in [0.717, 1.165) is 28.9 Å². The molecule has 0 bridgehead atoms. The van der Waals surface area contributed by atoms with Crippen LogP contribution in [0.2, 0.25) is 0 Å². The van der Waals surface area contributed by atoms with Gasteiger partial charge in [0.15, 0.2) is 0 Å². The molecular weight excluding hydrogens is 408 g/mol. The van der Waals surface area contributed by atoms with Gasteiger partial charge in [0.1, 0.15) is 5.75 Å². The van der Waals surface area contributed by atoms with Crippen molar-refractivity contribution in [1.29, 1.82) is 0 Å². The number of fused-ring (bicyclic) bond motifs is 1. The Labute approximate surface area is 185 Å². The van der Waals surface area contributed by atoms with E-state index >= 15 is 0 Å². The third-order valence-corrected chi connectivity index (χ3v) is 6.19. The van der Waals surface area contributed by atoms with Crippen molar-refractivity contribution < 1.29 is 14.3 Å². The predicted molar refractivity (Wildman–Crippen MR) is 125 cm³/mol. The number of pyridine rings is 1. The highest BCUT2D eigenvalue weighted by Gasteiger charge is 2.12. The number of rotatable bonds is 8. The van der Waals surface area contributed by atoms with Crippen LogP contribution in [0, 0.1) is 0 Å². The summed E-state index contributed by atoms with van der Waals surface area (Å²) in [6, 6.07) is 18.3. The Bertz CT molecular complexity index is 1200. The third kappa shape index (κ3) is 4.93. The van der Waals surface area contributed by atoms with Crippen LogP contribution in [-0.2, 0) is 11.2 Å². The summed E-state index contributed by atoms with van der Waals surface area (Å²) in [5, 5.41) is 4.08. The SMILES string of the molecule is COCCNC(=O)c1cccc(-c2cccc3cc(Cc4cncc(OC)c4)sc23)c1. The molecule has 1 amide bonds. The number of carbonyl (C=O) groups excluding carboxylic acids is 1. The van der Waals surface area contributed by atoms with Crippen molar-refractivity contribution in [3.05, 3.63) is 83.0 Å². The molecule has 0 fully saturated rings. The molecule has 2 aromatic carbocycles. The lowest BCUT2D eigenvalue weighted by Gasteiger charge is -2.08. The minimum absolute atomic E-state index is 0.0940. The highest BCUT2D eigenvalue weighted by Crippen LogP contribution is 2.36. The summed E-state index contributed by atoms with van der Waals surface area (Å²) in [7, 11) is 3.27. The Morgan fingerprint density at radius 1 is 1.06 bits per heavy atom. The molecule has 158 valence electrons. The fraction of sp³-hybridized carbons (Fsp3) is 0.200. The van der Waals surface area contributed by atoms with Crippen molar-refractivity contribution in [3.63, 3.8) is 0 Å². The van der Waals surface area contributed by atoms with Crippen LogP contribution in [0.3, 0.4) is 0 Å². The van der Waals surface area contributed by atoms with Crippen LogP contribution in [0.25, 0.3) is 21.2 Å². The number of hydrogen-bond donors (Lipinski definition) is 1. The maximum Gasteiger partial charge on any atom is 0.251 e. The molecule has 5 nitrogen and oxygen atoms in total. The fourth-order valence-electron chi connectivity index (χ4n) is 3.50. The number of ether oxygens (including phenoxy) is 2. The Morgan fingerprint density at radius 3 is 2.77 bits per heavy atom. The topological polar surface area (TPSA) is 60.5 Å². The molecular formula is C25H24N2O3S. The van der Waals surface area contributed by atoms with E-state index in [9.17, 15) is 4.79 Å². The molecule has 0 saturated carbocycles. The zero-order valence-corrected chi connectivity index (χ0v) is 18.4. The van der Waals surface area contributed by atoms with Gasteiger partial charge in [-0.15, -0.1) is 11.3 Å². The van der Waals surface area contributed by atoms with Crippen molar-refractivity contribution >= 4 is 27.3 Å². The van der Waals surface area contributed by atoms with Crippen LogP contribution in [0.1, 0.15) is 20.8 Å². The first-order valence-corrected chi connectivity index (χ1v) is 10.9. The van der Waals surface area contributed by atoms with Crippen LogP contribution in [0.15, 0.2) is 67.0 Å². The standard InChI is InChI=1S/C25H24N2O3S/c1-29-10-9-27-25(28)20-7-3-5-18(13-20)23-8-4-6-19-14-22(31-24(19)23)12-17-11-21(30-2)16-26-15-17/h3-8,11,13-16H,9-10,12H2,1-2H3,(H,27,28). The molecule has 0 saturated heterocycles. The minimum atomic E-state index is -0.0940. The monoisotopic (exact) mass is 432 g/mol. The van der Waals surface area contributed by atoms with E-state index in [1.807, 2.05) is 36.5 Å². The molecule has 0 spiro atoms. The van der Waals surface area contributed by atoms with Gasteiger partial charge in [-0.25, -0.2) is 0 Å². The van der Waals surface area contributed by atoms with Gasteiger partial charge in [0.2, 0.25) is 0 Å². The molecule has 0 aliphatic rings. The van der Waals surface area contributed by atoms with Crippen LogP contribution in [0.4, 0.5) is 0 Å². The fourth-order valence-corrected chi connectivity index (χ4v) is 4.73. The van der Waals surface area contributed by atoms with Gasteiger partial charge in [-0.3, -0.25) is 9.78 Å². The first-order valence-electron chi connectivity index (χ1n) is 10.0. The van der Waals surface area contributed by atoms with Crippen LogP contribution in [-0.4, -0.2) is 38.3 Å². The number of benzene rings is 2. The summed E-state index contributed by atoms with van der Waals surface area (Å²) in [5.74, 6) is 0.670. The first kappa shape index (κ1) is 21.0. The van der Waals surface area contributed by atoms with Crippen molar-refractivity contribution in [3.8, 4) is 16.9 Å². The van der Waals surface area contributed by atoms with Gasteiger partial charge in [-0.1, -0.05) is 30.3 Å². The third-order valence-electron chi connectivity index (χ3n) is 5.01. The van der Waals surface area contributed by atoms with Gasteiger partial charge in [-0.2, -0.15) is 0 Å². The van der Waals surface area contributed by atoms with Gasteiger partial charge >= 0.3 is 0 Å². The van der Waals surface area contributed by atoms with Crippen LogP contribution < -0.4 is 10.1 Å². The quantitative estimate of drug-likeness (QED) is 0.401. The molecule has 0 unspecified atom stereocenters. The highest BCUT2D eigenvalue weighted by molar-refractivity contribution is 7.19. The predicted octanol–water partition coefficient (Wildman–Crippen LogP) is 4.94. The van der Waals surface area contributed by atoms with Gasteiger partial charge < -0.3 is 14.8 Å². The largest absolute Gasteiger partial charge is 0.495 e. The number of nitrogens with one attached hydrogen (secondary N) is 1. The summed E-state index contributed by atoms with van der Waals surface area (Å²) in [4.78, 5) is 18.0. The number of hydrogen-bond acceptors (Lipinski definition) is 5. The van der Waals surface area contributed by atoms with Crippen LogP contribution >= 0.6 is 11.3 Å². The van der Waals surface area contributed by atoms with Crippen LogP contribution in [0.5, 0.6) is 5.75 Å². The van der Waals surface area contributed by atoms with E-state index in [1.165, 1.54) is 15.0 Å². The summed E-state index contributed by atoms with van der Waals surface area (Å²) < 4.78 is 11.5. The van der Waals surface area contributed by atoms with E-state index in [4.69, 9.17) is 9.47 Å². The Hall–Kier alpha value is -3.22. The molecule has 6 heteroatoms. The Balaban J connectivity index is 1.63. The van der Waals surface area contributed by atoms with E-state index < -0.39 is 0 Å². The normalized spacial score (nSPS) is 10.9. The van der Waals surface area contributed by atoms with Gasteiger partial charge in [0.25, 0.3) is 5.91 Å². The highest BCUT2D eigenvalue weighted by atomic mass is 32.1. The molecule has 0 atom stereocenters. The number of methoxy groups -OCH3 is 2. The zero-order valence-electron chi connectivity index (χ0n) is 17.6. The summed E-state index contributed by atoms with van der Waals surface area (Å²) >= 11 is 1.77. The second-order valence-corrected chi connectivity index (χ2v) is 8.31. The zero-order chi connectivity index (χ0) is 21.6. The lowest BCUT2D eigenvalue weighted by Crippen LogP contribution is -2.26.